The van der Waals surface area contributed by atoms with Crippen LogP contribution in [-0.4, -0.2) is 20.9 Å². The summed E-state index contributed by atoms with van der Waals surface area (Å²) in [5.74, 6) is -0.263. The molecule has 0 bridgehead atoms. The smallest absolute Gasteiger partial charge is 0.240 e. The van der Waals surface area contributed by atoms with Gasteiger partial charge >= 0.3 is 0 Å². The molecule has 7 heteroatoms. The Hall–Kier alpha value is -1.60. The van der Waals surface area contributed by atoms with Gasteiger partial charge in [-0.2, -0.15) is 0 Å². The second-order valence-electron chi connectivity index (χ2n) is 3.83. The third-order valence-electron chi connectivity index (χ3n) is 2.19. The molecule has 0 aliphatic rings. The van der Waals surface area contributed by atoms with E-state index in [1.165, 1.54) is 25.1 Å². The quantitative estimate of drug-likeness (QED) is 0.693. The van der Waals surface area contributed by atoms with Crippen molar-refractivity contribution in [3.8, 4) is 0 Å². The Bertz CT molecular complexity index is 540. The summed E-state index contributed by atoms with van der Waals surface area (Å²) in [5.41, 5.74) is 6.30. The first kappa shape index (κ1) is 14.5. The number of rotatable bonds is 5. The van der Waals surface area contributed by atoms with E-state index in [2.05, 4.69) is 10.0 Å². The SMILES string of the molecule is CCCNS(=O)(=O)c1ccc(NC(C)=O)c(N)c1. The van der Waals surface area contributed by atoms with Gasteiger partial charge in [-0.1, -0.05) is 6.92 Å². The minimum atomic E-state index is -3.53. The largest absolute Gasteiger partial charge is 0.397 e. The second kappa shape index (κ2) is 5.83. The molecule has 0 fully saturated rings. The van der Waals surface area contributed by atoms with Crippen LogP contribution in [0.5, 0.6) is 0 Å². The first-order valence-electron chi connectivity index (χ1n) is 5.53. The predicted molar refractivity (Wildman–Crippen MR) is 70.6 cm³/mol. The fourth-order valence-electron chi connectivity index (χ4n) is 1.33. The van der Waals surface area contributed by atoms with Gasteiger partial charge in [0.25, 0.3) is 0 Å². The number of nitrogen functional groups attached to an aromatic ring is 1. The Morgan fingerprint density at radius 3 is 2.56 bits per heavy atom. The van der Waals surface area contributed by atoms with Crippen molar-refractivity contribution in [2.45, 2.75) is 25.2 Å². The van der Waals surface area contributed by atoms with Gasteiger partial charge in [-0.3, -0.25) is 4.79 Å². The highest BCUT2D eigenvalue weighted by Gasteiger charge is 2.14. The van der Waals surface area contributed by atoms with Crippen molar-refractivity contribution < 1.29 is 13.2 Å². The summed E-state index contributed by atoms with van der Waals surface area (Å²) in [4.78, 5) is 11.0. The zero-order valence-electron chi connectivity index (χ0n) is 10.4. The number of anilines is 2. The van der Waals surface area contributed by atoms with Crippen LogP contribution in [0.2, 0.25) is 0 Å². The van der Waals surface area contributed by atoms with Crippen LogP contribution in [0.3, 0.4) is 0 Å². The first-order chi connectivity index (χ1) is 8.36. The lowest BCUT2D eigenvalue weighted by Gasteiger charge is -2.09. The lowest BCUT2D eigenvalue weighted by molar-refractivity contribution is -0.114. The molecule has 0 aliphatic heterocycles. The Balaban J connectivity index is 3.00. The first-order valence-corrected chi connectivity index (χ1v) is 7.02. The number of benzene rings is 1. The maximum Gasteiger partial charge on any atom is 0.240 e. The molecular weight excluding hydrogens is 254 g/mol. The fraction of sp³-hybridized carbons (Fsp3) is 0.364. The Labute approximate surface area is 107 Å². The molecule has 0 atom stereocenters. The molecule has 0 aliphatic carbocycles. The van der Waals surface area contributed by atoms with Gasteiger partial charge in [-0.05, 0) is 24.6 Å². The number of amides is 1. The molecule has 0 radical (unpaired) electrons. The van der Waals surface area contributed by atoms with Crippen LogP contribution in [0.25, 0.3) is 0 Å². The van der Waals surface area contributed by atoms with Crippen LogP contribution in [0, 0.1) is 0 Å². The second-order valence-corrected chi connectivity index (χ2v) is 5.59. The highest BCUT2D eigenvalue weighted by molar-refractivity contribution is 7.89. The Morgan fingerprint density at radius 1 is 1.39 bits per heavy atom. The van der Waals surface area contributed by atoms with Crippen LogP contribution in [0.15, 0.2) is 23.1 Å². The Morgan fingerprint density at radius 2 is 2.06 bits per heavy atom. The predicted octanol–water partition coefficient (Wildman–Crippen LogP) is 0.915. The molecule has 0 spiro atoms. The molecule has 1 amide bonds. The van der Waals surface area contributed by atoms with Gasteiger partial charge in [0, 0.05) is 13.5 Å². The molecule has 1 rings (SSSR count). The Kier molecular flexibility index (Phi) is 4.69. The molecule has 0 unspecified atom stereocenters. The molecule has 0 saturated heterocycles. The van der Waals surface area contributed by atoms with Gasteiger partial charge < -0.3 is 11.1 Å². The van der Waals surface area contributed by atoms with Gasteiger partial charge in [0.15, 0.2) is 0 Å². The van der Waals surface area contributed by atoms with Crippen molar-refractivity contribution in [1.82, 2.24) is 4.72 Å². The van der Waals surface area contributed by atoms with E-state index in [0.29, 0.717) is 18.7 Å². The van der Waals surface area contributed by atoms with Crippen LogP contribution < -0.4 is 15.8 Å². The van der Waals surface area contributed by atoms with E-state index in [0.717, 1.165) is 0 Å². The summed E-state index contributed by atoms with van der Waals surface area (Å²) >= 11 is 0. The number of nitrogens with two attached hydrogens (primary N) is 1. The molecular formula is C11H17N3O3S. The highest BCUT2D eigenvalue weighted by Crippen LogP contribution is 2.22. The molecule has 1 aromatic carbocycles. The fourth-order valence-corrected chi connectivity index (χ4v) is 2.50. The number of hydrogen-bond acceptors (Lipinski definition) is 4. The van der Waals surface area contributed by atoms with Gasteiger partial charge in [-0.15, -0.1) is 0 Å². The summed E-state index contributed by atoms with van der Waals surface area (Å²) in [7, 11) is -3.53. The zero-order valence-corrected chi connectivity index (χ0v) is 11.2. The number of carbonyl (C=O) groups is 1. The van der Waals surface area contributed by atoms with Crippen molar-refractivity contribution >= 4 is 27.3 Å². The molecule has 100 valence electrons. The van der Waals surface area contributed by atoms with E-state index in [4.69, 9.17) is 5.73 Å². The van der Waals surface area contributed by atoms with Crippen molar-refractivity contribution in [3.63, 3.8) is 0 Å². The van der Waals surface area contributed by atoms with E-state index in [9.17, 15) is 13.2 Å². The van der Waals surface area contributed by atoms with Gasteiger partial charge in [0.05, 0.1) is 16.3 Å². The van der Waals surface area contributed by atoms with E-state index in [1.807, 2.05) is 6.92 Å². The molecule has 0 saturated carbocycles. The molecule has 4 N–H and O–H groups in total. The number of nitrogens with one attached hydrogen (secondary N) is 2. The molecule has 1 aromatic rings. The van der Waals surface area contributed by atoms with Crippen molar-refractivity contribution in [2.24, 2.45) is 0 Å². The summed E-state index contributed by atoms with van der Waals surface area (Å²) < 4.78 is 26.1. The third-order valence-corrected chi connectivity index (χ3v) is 3.64. The topological polar surface area (TPSA) is 101 Å². The van der Waals surface area contributed by atoms with Crippen LogP contribution in [0.4, 0.5) is 11.4 Å². The van der Waals surface area contributed by atoms with Crippen molar-refractivity contribution in [1.29, 1.82) is 0 Å². The van der Waals surface area contributed by atoms with E-state index >= 15 is 0 Å². The summed E-state index contributed by atoms with van der Waals surface area (Å²) in [6, 6.07) is 4.19. The highest BCUT2D eigenvalue weighted by atomic mass is 32.2. The molecule has 6 nitrogen and oxygen atoms in total. The zero-order chi connectivity index (χ0) is 13.8. The summed E-state index contributed by atoms with van der Waals surface area (Å²) in [6.07, 6.45) is 0.707. The van der Waals surface area contributed by atoms with Crippen LogP contribution >= 0.6 is 0 Å². The maximum atomic E-state index is 11.8. The molecule has 18 heavy (non-hydrogen) atoms. The van der Waals surface area contributed by atoms with Gasteiger partial charge in [0.1, 0.15) is 0 Å². The summed E-state index contributed by atoms with van der Waals surface area (Å²) in [5, 5.41) is 2.52. The number of hydrogen-bond donors (Lipinski definition) is 3. The van der Waals surface area contributed by atoms with E-state index < -0.39 is 10.0 Å². The lowest BCUT2D eigenvalue weighted by Crippen LogP contribution is -2.24. The monoisotopic (exact) mass is 271 g/mol. The molecule has 0 heterocycles. The lowest BCUT2D eigenvalue weighted by atomic mass is 10.2. The maximum absolute atomic E-state index is 11.8. The standard InChI is InChI=1S/C11H17N3O3S/c1-3-6-13-18(16,17)9-4-5-11(10(12)7-9)14-8(2)15/h4-5,7,13H,3,6,12H2,1-2H3,(H,14,15). The van der Waals surface area contributed by atoms with Crippen molar-refractivity contribution in [2.75, 3.05) is 17.6 Å². The minimum absolute atomic E-state index is 0.0857. The van der Waals surface area contributed by atoms with Gasteiger partial charge in [-0.25, -0.2) is 13.1 Å². The third kappa shape index (κ3) is 3.71. The number of sulfonamides is 1. The average Bonchev–Trinajstić information content (AvgIpc) is 2.28. The van der Waals surface area contributed by atoms with E-state index in [-0.39, 0.29) is 16.5 Å². The molecule has 0 aromatic heterocycles. The summed E-state index contributed by atoms with van der Waals surface area (Å²) in [6.45, 7) is 3.60. The number of carbonyl (C=O) groups excluding carboxylic acids is 1. The average molecular weight is 271 g/mol. The van der Waals surface area contributed by atoms with Gasteiger partial charge in [0.2, 0.25) is 15.9 Å². The van der Waals surface area contributed by atoms with Crippen LogP contribution in [-0.2, 0) is 14.8 Å². The van der Waals surface area contributed by atoms with Crippen molar-refractivity contribution in [3.05, 3.63) is 18.2 Å². The van der Waals surface area contributed by atoms with Crippen LogP contribution in [0.1, 0.15) is 20.3 Å². The minimum Gasteiger partial charge on any atom is -0.397 e. The normalized spacial score (nSPS) is 11.2. The van der Waals surface area contributed by atoms with E-state index in [1.54, 1.807) is 0 Å².